The molecule has 0 aliphatic rings. The van der Waals surface area contributed by atoms with Crippen molar-refractivity contribution in [1.82, 2.24) is 5.32 Å². The van der Waals surface area contributed by atoms with Crippen LogP contribution in [0.5, 0.6) is 0 Å². The Hall–Kier alpha value is -1.30. The molecule has 2 heterocycles. The van der Waals surface area contributed by atoms with Gasteiger partial charge in [0.15, 0.2) is 0 Å². The Morgan fingerprint density at radius 2 is 1.90 bits per heavy atom. The van der Waals surface area contributed by atoms with Crippen molar-refractivity contribution in [1.29, 1.82) is 0 Å². The number of hydrogen-bond donors (Lipinski definition) is 1. The zero-order chi connectivity index (χ0) is 14.1. The summed E-state index contributed by atoms with van der Waals surface area (Å²) in [5.74, 6) is -0.966. The second-order valence-corrected chi connectivity index (χ2v) is 6.61. The van der Waals surface area contributed by atoms with Crippen molar-refractivity contribution in [2.75, 3.05) is 7.05 Å². The summed E-state index contributed by atoms with van der Waals surface area (Å²) in [4.78, 5) is 1.11. The predicted octanol–water partition coefficient (Wildman–Crippen LogP) is 4.74. The fourth-order valence-corrected chi connectivity index (χ4v) is 4.46. The second-order valence-electron chi connectivity index (χ2n) is 4.54. The Morgan fingerprint density at radius 1 is 1.15 bits per heavy atom. The molecular weight excluding hydrogens is 296 g/mol. The van der Waals surface area contributed by atoms with Crippen LogP contribution in [0.2, 0.25) is 0 Å². The van der Waals surface area contributed by atoms with E-state index in [1.807, 2.05) is 7.05 Å². The van der Waals surface area contributed by atoms with Crippen molar-refractivity contribution in [3.63, 3.8) is 0 Å². The summed E-state index contributed by atoms with van der Waals surface area (Å²) in [5, 5.41) is 5.21. The summed E-state index contributed by atoms with van der Waals surface area (Å²) in [5.41, 5.74) is 0.142. The van der Waals surface area contributed by atoms with Crippen molar-refractivity contribution in [2.45, 2.75) is 12.5 Å². The maximum Gasteiger partial charge on any atom is 0.129 e. The van der Waals surface area contributed by atoms with Crippen molar-refractivity contribution in [3.8, 4) is 0 Å². The molecule has 5 heteroatoms. The molecule has 20 heavy (non-hydrogen) atoms. The molecule has 1 unspecified atom stereocenters. The lowest BCUT2D eigenvalue weighted by Gasteiger charge is -2.15. The first-order valence-corrected chi connectivity index (χ1v) is 7.95. The van der Waals surface area contributed by atoms with E-state index in [9.17, 15) is 8.78 Å². The van der Waals surface area contributed by atoms with Crippen LogP contribution in [0.25, 0.3) is 9.40 Å². The fourth-order valence-electron chi connectivity index (χ4n) is 2.23. The molecule has 0 fully saturated rings. The molecule has 0 spiro atoms. The largest absolute Gasteiger partial charge is 0.312 e. The van der Waals surface area contributed by atoms with Gasteiger partial charge in [0, 0.05) is 25.9 Å². The smallest absolute Gasteiger partial charge is 0.129 e. The minimum Gasteiger partial charge on any atom is -0.312 e. The zero-order valence-electron chi connectivity index (χ0n) is 10.8. The molecule has 104 valence electrons. The maximum atomic E-state index is 13.7. The van der Waals surface area contributed by atoms with Gasteiger partial charge in [0.2, 0.25) is 0 Å². The highest BCUT2D eigenvalue weighted by Gasteiger charge is 2.18. The number of rotatable bonds is 4. The van der Waals surface area contributed by atoms with Gasteiger partial charge < -0.3 is 5.32 Å². The molecule has 0 saturated carbocycles. The number of fused-ring (bicyclic) bond motifs is 1. The number of likely N-dealkylation sites (N-methyl/N-ethyl adjacent to an activating group) is 1. The van der Waals surface area contributed by atoms with Crippen LogP contribution < -0.4 is 5.32 Å². The van der Waals surface area contributed by atoms with E-state index < -0.39 is 11.6 Å². The SMILES string of the molecule is CNC(Cc1c(F)cccc1F)c1cc2sccc2s1. The molecule has 1 atom stereocenters. The summed E-state index contributed by atoms with van der Waals surface area (Å²) in [7, 11) is 1.82. The number of nitrogens with one attached hydrogen (secondary N) is 1. The molecule has 3 rings (SSSR count). The third-order valence-electron chi connectivity index (χ3n) is 3.32. The monoisotopic (exact) mass is 309 g/mol. The van der Waals surface area contributed by atoms with Crippen LogP contribution in [-0.4, -0.2) is 7.05 Å². The van der Waals surface area contributed by atoms with E-state index in [0.29, 0.717) is 6.42 Å². The third-order valence-corrected chi connectivity index (χ3v) is 5.53. The van der Waals surface area contributed by atoms with Crippen molar-refractivity contribution in [2.24, 2.45) is 0 Å². The Labute approximate surface area is 123 Å². The number of benzene rings is 1. The predicted molar refractivity (Wildman–Crippen MR) is 81.6 cm³/mol. The summed E-state index contributed by atoms with van der Waals surface area (Å²) in [6, 6.07) is 8.10. The van der Waals surface area contributed by atoms with E-state index in [-0.39, 0.29) is 11.6 Å². The minimum atomic E-state index is -0.483. The lowest BCUT2D eigenvalue weighted by Crippen LogP contribution is -2.19. The van der Waals surface area contributed by atoms with E-state index in [0.717, 1.165) is 4.88 Å². The van der Waals surface area contributed by atoms with Gasteiger partial charge in [0.1, 0.15) is 11.6 Å². The molecule has 1 nitrogen and oxygen atoms in total. The van der Waals surface area contributed by atoms with E-state index in [1.54, 1.807) is 22.7 Å². The van der Waals surface area contributed by atoms with Gasteiger partial charge in [-0.2, -0.15) is 0 Å². The van der Waals surface area contributed by atoms with Crippen LogP contribution in [-0.2, 0) is 6.42 Å². The van der Waals surface area contributed by atoms with Gasteiger partial charge in [0.25, 0.3) is 0 Å². The molecule has 0 saturated heterocycles. The highest BCUT2D eigenvalue weighted by molar-refractivity contribution is 7.26. The summed E-state index contributed by atoms with van der Waals surface area (Å²) in [6.07, 6.45) is 0.308. The zero-order valence-corrected chi connectivity index (χ0v) is 12.5. The van der Waals surface area contributed by atoms with Gasteiger partial charge in [-0.1, -0.05) is 6.07 Å². The molecule has 3 aromatic rings. The van der Waals surface area contributed by atoms with E-state index in [2.05, 4.69) is 22.8 Å². The molecule has 0 aliphatic heterocycles. The van der Waals surface area contributed by atoms with Gasteiger partial charge in [-0.25, -0.2) is 8.78 Å². The Balaban J connectivity index is 1.92. The summed E-state index contributed by atoms with van der Waals surface area (Å²) >= 11 is 3.35. The van der Waals surface area contributed by atoms with E-state index in [4.69, 9.17) is 0 Å². The summed E-state index contributed by atoms with van der Waals surface area (Å²) in [6.45, 7) is 0. The lowest BCUT2D eigenvalue weighted by atomic mass is 10.0. The van der Waals surface area contributed by atoms with Crippen molar-refractivity contribution >= 4 is 32.1 Å². The van der Waals surface area contributed by atoms with Gasteiger partial charge in [-0.3, -0.25) is 0 Å². The van der Waals surface area contributed by atoms with Crippen molar-refractivity contribution in [3.05, 3.63) is 57.8 Å². The first-order valence-electron chi connectivity index (χ1n) is 6.26. The number of halogens is 2. The highest BCUT2D eigenvalue weighted by Crippen LogP contribution is 2.34. The van der Waals surface area contributed by atoms with Crippen LogP contribution in [0.1, 0.15) is 16.5 Å². The molecule has 0 amide bonds. The van der Waals surface area contributed by atoms with Crippen molar-refractivity contribution < 1.29 is 8.78 Å². The maximum absolute atomic E-state index is 13.7. The van der Waals surface area contributed by atoms with Crippen LogP contribution in [0, 0.1) is 11.6 Å². The quantitative estimate of drug-likeness (QED) is 0.733. The molecule has 1 aromatic carbocycles. The Bertz CT molecular complexity index is 684. The minimum absolute atomic E-state index is 0.0778. The molecule has 0 radical (unpaired) electrons. The van der Waals surface area contributed by atoms with Gasteiger partial charge >= 0.3 is 0 Å². The third kappa shape index (κ3) is 2.49. The molecular formula is C15H13F2NS2. The van der Waals surface area contributed by atoms with Crippen LogP contribution in [0.3, 0.4) is 0 Å². The highest BCUT2D eigenvalue weighted by atomic mass is 32.1. The molecule has 2 aromatic heterocycles. The van der Waals surface area contributed by atoms with Crippen LogP contribution in [0.4, 0.5) is 8.78 Å². The first kappa shape index (κ1) is 13.7. The first-order chi connectivity index (χ1) is 9.69. The Kier molecular flexibility index (Phi) is 3.83. The average Bonchev–Trinajstić information content (AvgIpc) is 2.99. The number of thiophene rings is 2. The summed E-state index contributed by atoms with van der Waals surface area (Å²) < 4.78 is 29.9. The lowest BCUT2D eigenvalue weighted by molar-refractivity contribution is 0.519. The van der Waals surface area contributed by atoms with Gasteiger partial charge in [0.05, 0.1) is 0 Å². The second kappa shape index (κ2) is 5.60. The van der Waals surface area contributed by atoms with Crippen LogP contribution >= 0.6 is 22.7 Å². The van der Waals surface area contributed by atoms with Gasteiger partial charge in [-0.15, -0.1) is 22.7 Å². The standard InChI is InChI=1S/C15H13F2NS2/c1-18-12(7-9-10(16)3-2-4-11(9)17)14-8-15-13(20-14)5-6-19-15/h2-6,8,12,18H,7H2,1H3. The van der Waals surface area contributed by atoms with Gasteiger partial charge in [-0.05, 0) is 43.1 Å². The molecule has 1 N–H and O–H groups in total. The molecule has 0 aliphatic carbocycles. The van der Waals surface area contributed by atoms with Crippen LogP contribution in [0.15, 0.2) is 35.7 Å². The normalized spacial score (nSPS) is 12.9. The topological polar surface area (TPSA) is 12.0 Å². The molecule has 0 bridgehead atoms. The fraction of sp³-hybridized carbons (Fsp3) is 0.200. The Morgan fingerprint density at radius 3 is 2.55 bits per heavy atom. The average molecular weight is 309 g/mol. The van der Waals surface area contributed by atoms with E-state index in [1.165, 1.54) is 27.6 Å². The van der Waals surface area contributed by atoms with E-state index >= 15 is 0 Å². The number of hydrogen-bond acceptors (Lipinski definition) is 3.